The molecule has 18 heavy (non-hydrogen) atoms. The summed E-state index contributed by atoms with van der Waals surface area (Å²) in [5.74, 6) is -1.19. The summed E-state index contributed by atoms with van der Waals surface area (Å²) in [4.78, 5) is 44.8. The number of nitrogens with one attached hydrogen (secondary N) is 2. The minimum Gasteiger partial charge on any atom is -0.467 e. The fraction of sp³-hybridized carbons (Fsp3) is 0.400. The lowest BCUT2D eigenvalue weighted by molar-refractivity contribution is -0.144. The Morgan fingerprint density at radius 3 is 2.72 bits per heavy atom. The van der Waals surface area contributed by atoms with Crippen molar-refractivity contribution in [2.75, 3.05) is 7.11 Å². The highest BCUT2D eigenvalue weighted by molar-refractivity contribution is 5.83. The van der Waals surface area contributed by atoms with Crippen LogP contribution in [0.2, 0.25) is 0 Å². The molecule has 1 aromatic heterocycles. The van der Waals surface area contributed by atoms with E-state index in [9.17, 15) is 19.2 Å². The molecular weight excluding hydrogens is 242 g/mol. The average molecular weight is 255 g/mol. The maximum absolute atomic E-state index is 11.5. The van der Waals surface area contributed by atoms with E-state index in [0.29, 0.717) is 0 Å². The Morgan fingerprint density at radius 2 is 2.11 bits per heavy atom. The first-order chi connectivity index (χ1) is 8.43. The minimum atomic E-state index is -0.825. The van der Waals surface area contributed by atoms with Gasteiger partial charge in [0.25, 0.3) is 11.1 Å². The largest absolute Gasteiger partial charge is 0.467 e. The number of hydrogen-bond acceptors (Lipinski definition) is 5. The number of ether oxygens (including phenoxy) is 1. The predicted octanol–water partition coefficient (Wildman–Crippen LogP) is -1.79. The third-order valence-corrected chi connectivity index (χ3v) is 2.12. The third kappa shape index (κ3) is 3.58. The van der Waals surface area contributed by atoms with Gasteiger partial charge in [0.05, 0.1) is 7.11 Å². The van der Waals surface area contributed by atoms with Crippen molar-refractivity contribution in [2.45, 2.75) is 19.5 Å². The summed E-state index contributed by atoms with van der Waals surface area (Å²) >= 11 is 0. The molecule has 0 aliphatic carbocycles. The fourth-order valence-corrected chi connectivity index (χ4v) is 1.25. The second-order valence-corrected chi connectivity index (χ2v) is 3.55. The van der Waals surface area contributed by atoms with E-state index in [2.05, 4.69) is 15.2 Å². The van der Waals surface area contributed by atoms with E-state index in [1.165, 1.54) is 14.0 Å². The molecule has 0 saturated carbocycles. The minimum absolute atomic E-state index is 0.379. The molecule has 8 heteroatoms. The number of nitrogens with zero attached hydrogens (tertiary/aromatic N) is 1. The second-order valence-electron chi connectivity index (χ2n) is 3.55. The maximum Gasteiger partial charge on any atom is 0.328 e. The molecule has 0 aliphatic heterocycles. The van der Waals surface area contributed by atoms with Crippen LogP contribution in [0.5, 0.6) is 0 Å². The molecule has 1 amide bonds. The molecule has 1 heterocycles. The molecule has 8 nitrogen and oxygen atoms in total. The highest BCUT2D eigenvalue weighted by Gasteiger charge is 2.16. The van der Waals surface area contributed by atoms with E-state index in [1.54, 1.807) is 0 Å². The molecule has 1 atom stereocenters. The number of H-pyrrole nitrogens is 1. The van der Waals surface area contributed by atoms with Crippen molar-refractivity contribution in [3.05, 3.63) is 32.8 Å². The van der Waals surface area contributed by atoms with Crippen molar-refractivity contribution < 1.29 is 14.3 Å². The van der Waals surface area contributed by atoms with Gasteiger partial charge in [-0.05, 0) is 6.92 Å². The van der Waals surface area contributed by atoms with E-state index in [-0.39, 0.29) is 6.54 Å². The van der Waals surface area contributed by atoms with Crippen LogP contribution in [0.4, 0.5) is 0 Å². The number of aromatic amines is 1. The van der Waals surface area contributed by atoms with Gasteiger partial charge in [-0.2, -0.15) is 0 Å². The van der Waals surface area contributed by atoms with Gasteiger partial charge >= 0.3 is 5.97 Å². The molecule has 0 saturated heterocycles. The van der Waals surface area contributed by atoms with Gasteiger partial charge in [-0.3, -0.25) is 19.5 Å². The van der Waals surface area contributed by atoms with Crippen LogP contribution in [0.25, 0.3) is 0 Å². The summed E-state index contributed by atoms with van der Waals surface area (Å²) in [6, 6.07) is 1.29. The Morgan fingerprint density at radius 1 is 1.44 bits per heavy atom. The van der Waals surface area contributed by atoms with E-state index < -0.39 is 29.0 Å². The lowest BCUT2D eigenvalue weighted by Crippen LogP contribution is -2.43. The molecule has 0 aromatic carbocycles. The summed E-state index contributed by atoms with van der Waals surface area (Å²) in [6.07, 6.45) is 0. The highest BCUT2D eigenvalue weighted by atomic mass is 16.5. The van der Waals surface area contributed by atoms with Crippen molar-refractivity contribution in [1.29, 1.82) is 0 Å². The molecule has 98 valence electrons. The Labute approximate surface area is 102 Å². The topological polar surface area (TPSA) is 110 Å². The Kier molecular flexibility index (Phi) is 4.41. The van der Waals surface area contributed by atoms with Crippen molar-refractivity contribution in [3.63, 3.8) is 0 Å². The lowest BCUT2D eigenvalue weighted by atomic mass is 10.3. The zero-order chi connectivity index (χ0) is 13.7. The molecule has 1 rings (SSSR count). The van der Waals surface area contributed by atoms with Crippen LogP contribution in [-0.2, 0) is 20.9 Å². The van der Waals surface area contributed by atoms with Gasteiger partial charge in [-0.1, -0.05) is 0 Å². The molecule has 0 fully saturated rings. The number of rotatable bonds is 4. The zero-order valence-corrected chi connectivity index (χ0v) is 9.93. The van der Waals surface area contributed by atoms with Crippen LogP contribution in [0, 0.1) is 0 Å². The summed E-state index contributed by atoms with van der Waals surface area (Å²) in [5.41, 5.74) is -1.01. The number of methoxy groups -OCH3 is 1. The predicted molar refractivity (Wildman–Crippen MR) is 60.9 cm³/mol. The Hall–Kier alpha value is -2.38. The summed E-state index contributed by atoms with van der Waals surface area (Å²) in [7, 11) is 1.20. The van der Waals surface area contributed by atoms with Gasteiger partial charge in [0, 0.05) is 12.1 Å². The normalized spacial score (nSPS) is 11.7. The highest BCUT2D eigenvalue weighted by Crippen LogP contribution is 1.86. The first-order valence-electron chi connectivity index (χ1n) is 5.11. The lowest BCUT2D eigenvalue weighted by Gasteiger charge is -2.11. The Balaban J connectivity index is 2.71. The fourth-order valence-electron chi connectivity index (χ4n) is 1.25. The molecule has 1 unspecified atom stereocenters. The first kappa shape index (κ1) is 13.7. The number of carbonyl (C=O) groups is 2. The van der Waals surface area contributed by atoms with Gasteiger partial charge in [0.2, 0.25) is 5.91 Å². The van der Waals surface area contributed by atoms with Crippen LogP contribution < -0.4 is 16.4 Å². The number of aromatic nitrogens is 2. The third-order valence-electron chi connectivity index (χ3n) is 2.12. The van der Waals surface area contributed by atoms with E-state index >= 15 is 0 Å². The van der Waals surface area contributed by atoms with Crippen LogP contribution >= 0.6 is 0 Å². The average Bonchev–Trinajstić information content (AvgIpc) is 2.32. The molecule has 1 aromatic rings. The van der Waals surface area contributed by atoms with Crippen LogP contribution in [-0.4, -0.2) is 34.8 Å². The monoisotopic (exact) mass is 255 g/mol. The van der Waals surface area contributed by atoms with Crippen molar-refractivity contribution in [3.8, 4) is 0 Å². The number of amides is 1. The second kappa shape index (κ2) is 5.80. The standard InChI is InChI=1S/C10H13N3O5/c1-6(10(17)18-2)11-8(15)5-13-9(16)4-3-7(14)12-13/h3-4,6H,5H2,1-2H3,(H,11,15)(H,12,14). The number of esters is 1. The SMILES string of the molecule is COC(=O)C(C)NC(=O)Cn1[nH]c(=O)ccc1=O. The van der Waals surface area contributed by atoms with E-state index in [4.69, 9.17) is 0 Å². The smallest absolute Gasteiger partial charge is 0.328 e. The first-order valence-corrected chi connectivity index (χ1v) is 5.11. The van der Waals surface area contributed by atoms with Crippen LogP contribution in [0.15, 0.2) is 21.7 Å². The summed E-state index contributed by atoms with van der Waals surface area (Å²) in [5, 5.41) is 4.53. The van der Waals surface area contributed by atoms with Gasteiger partial charge in [-0.15, -0.1) is 0 Å². The van der Waals surface area contributed by atoms with Gasteiger partial charge < -0.3 is 10.1 Å². The van der Waals surface area contributed by atoms with E-state index in [0.717, 1.165) is 16.8 Å². The van der Waals surface area contributed by atoms with Gasteiger partial charge in [0.15, 0.2) is 0 Å². The molecule has 0 spiro atoms. The molecular formula is C10H13N3O5. The quantitative estimate of drug-likeness (QED) is 0.618. The number of carbonyl (C=O) groups excluding carboxylic acids is 2. The summed E-state index contributed by atoms with van der Waals surface area (Å²) in [6.45, 7) is 1.07. The Bertz CT molecular complexity index is 559. The van der Waals surface area contributed by atoms with Gasteiger partial charge in [0.1, 0.15) is 12.6 Å². The van der Waals surface area contributed by atoms with Crippen molar-refractivity contribution in [1.82, 2.24) is 15.1 Å². The van der Waals surface area contributed by atoms with Gasteiger partial charge in [-0.25, -0.2) is 9.48 Å². The maximum atomic E-state index is 11.5. The molecule has 0 bridgehead atoms. The molecule has 0 aliphatic rings. The number of hydrogen-bond donors (Lipinski definition) is 2. The van der Waals surface area contributed by atoms with Crippen LogP contribution in [0.3, 0.4) is 0 Å². The van der Waals surface area contributed by atoms with Crippen LogP contribution in [0.1, 0.15) is 6.92 Å². The molecule has 0 radical (unpaired) electrons. The zero-order valence-electron chi connectivity index (χ0n) is 9.93. The van der Waals surface area contributed by atoms with Crippen molar-refractivity contribution in [2.24, 2.45) is 0 Å². The van der Waals surface area contributed by atoms with Crippen molar-refractivity contribution >= 4 is 11.9 Å². The molecule has 2 N–H and O–H groups in total. The summed E-state index contributed by atoms with van der Waals surface area (Å²) < 4.78 is 5.27. The van der Waals surface area contributed by atoms with E-state index in [1.807, 2.05) is 0 Å².